The molecule has 0 unspecified atom stereocenters. The lowest BCUT2D eigenvalue weighted by atomic mass is 10.1. The van der Waals surface area contributed by atoms with Crippen molar-refractivity contribution in [3.8, 4) is 0 Å². The molecular formula is C17H18Cl2N2O4S2. The number of sulfonamides is 1. The SMILES string of the molecule is O=C(NCc1ccc(CO)cc1Cl)[C@@H]1CCCN1S(=O)(=O)c1ccc(Cl)s1. The van der Waals surface area contributed by atoms with Crippen molar-refractivity contribution in [2.24, 2.45) is 0 Å². The molecule has 6 nitrogen and oxygen atoms in total. The van der Waals surface area contributed by atoms with Gasteiger partial charge in [0.1, 0.15) is 10.3 Å². The summed E-state index contributed by atoms with van der Waals surface area (Å²) in [6.45, 7) is 0.356. The van der Waals surface area contributed by atoms with E-state index in [2.05, 4.69) is 5.32 Å². The van der Waals surface area contributed by atoms with Crippen LogP contribution in [0.5, 0.6) is 0 Å². The summed E-state index contributed by atoms with van der Waals surface area (Å²) in [7, 11) is -3.76. The van der Waals surface area contributed by atoms with E-state index in [0.717, 1.165) is 11.3 Å². The van der Waals surface area contributed by atoms with Gasteiger partial charge in [-0.15, -0.1) is 11.3 Å². The summed E-state index contributed by atoms with van der Waals surface area (Å²) in [5.41, 5.74) is 1.37. The van der Waals surface area contributed by atoms with Crippen molar-refractivity contribution in [3.05, 3.63) is 50.8 Å². The summed E-state index contributed by atoms with van der Waals surface area (Å²) in [6.07, 6.45) is 1.07. The van der Waals surface area contributed by atoms with Crippen LogP contribution in [0.2, 0.25) is 9.36 Å². The molecule has 2 heterocycles. The van der Waals surface area contributed by atoms with Gasteiger partial charge >= 0.3 is 0 Å². The maximum atomic E-state index is 12.8. The highest BCUT2D eigenvalue weighted by Crippen LogP contribution is 2.32. The molecule has 1 saturated heterocycles. The first-order valence-corrected chi connectivity index (χ1v) is 11.3. The molecule has 0 spiro atoms. The Bertz CT molecular complexity index is 946. The lowest BCUT2D eigenvalue weighted by molar-refractivity contribution is -0.124. The Hall–Kier alpha value is -1.16. The van der Waals surface area contributed by atoms with Crippen LogP contribution in [0.25, 0.3) is 0 Å². The smallest absolute Gasteiger partial charge is 0.253 e. The molecule has 2 N–H and O–H groups in total. The number of hydrogen-bond donors (Lipinski definition) is 2. The van der Waals surface area contributed by atoms with Crippen LogP contribution >= 0.6 is 34.5 Å². The molecule has 1 aromatic carbocycles. The molecule has 2 aromatic rings. The van der Waals surface area contributed by atoms with Crippen molar-refractivity contribution in [1.29, 1.82) is 0 Å². The second-order valence-electron chi connectivity index (χ2n) is 6.13. The Kier molecular flexibility index (Phi) is 6.45. The zero-order chi connectivity index (χ0) is 19.6. The predicted molar refractivity (Wildman–Crippen MR) is 105 cm³/mol. The third-order valence-electron chi connectivity index (χ3n) is 4.37. The van der Waals surface area contributed by atoms with Gasteiger partial charge in [-0.25, -0.2) is 8.42 Å². The number of carbonyl (C=O) groups is 1. The van der Waals surface area contributed by atoms with Gasteiger partial charge in [-0.3, -0.25) is 4.79 Å². The topological polar surface area (TPSA) is 86.7 Å². The minimum atomic E-state index is -3.76. The Labute approximate surface area is 171 Å². The van der Waals surface area contributed by atoms with Gasteiger partial charge in [0.15, 0.2) is 0 Å². The minimum Gasteiger partial charge on any atom is -0.392 e. The number of amides is 1. The zero-order valence-corrected chi connectivity index (χ0v) is 17.3. The lowest BCUT2D eigenvalue weighted by Crippen LogP contribution is -2.45. The minimum absolute atomic E-state index is 0.117. The zero-order valence-electron chi connectivity index (χ0n) is 14.2. The molecule has 0 bridgehead atoms. The van der Waals surface area contributed by atoms with Crippen LogP contribution in [0.1, 0.15) is 24.0 Å². The van der Waals surface area contributed by atoms with E-state index in [1.807, 2.05) is 0 Å². The quantitative estimate of drug-likeness (QED) is 0.710. The van der Waals surface area contributed by atoms with E-state index in [-0.39, 0.29) is 23.3 Å². The van der Waals surface area contributed by atoms with Crippen LogP contribution in [-0.4, -0.2) is 36.3 Å². The first kappa shape index (κ1) is 20.6. The number of hydrogen-bond acceptors (Lipinski definition) is 5. The third kappa shape index (κ3) is 4.47. The molecule has 1 atom stereocenters. The summed E-state index contributed by atoms with van der Waals surface area (Å²) < 4.78 is 27.4. The molecule has 27 heavy (non-hydrogen) atoms. The number of aliphatic hydroxyl groups is 1. The van der Waals surface area contributed by atoms with Gasteiger partial charge in [0.2, 0.25) is 5.91 Å². The van der Waals surface area contributed by atoms with Crippen molar-refractivity contribution in [3.63, 3.8) is 0 Å². The van der Waals surface area contributed by atoms with Crippen molar-refractivity contribution in [2.75, 3.05) is 6.54 Å². The third-order valence-corrected chi connectivity index (χ3v) is 8.33. The lowest BCUT2D eigenvalue weighted by Gasteiger charge is -2.22. The largest absolute Gasteiger partial charge is 0.392 e. The first-order valence-electron chi connectivity index (χ1n) is 8.26. The van der Waals surface area contributed by atoms with Crippen molar-refractivity contribution in [1.82, 2.24) is 9.62 Å². The van der Waals surface area contributed by atoms with Crippen LogP contribution in [0, 0.1) is 0 Å². The Morgan fingerprint density at radius 2 is 2.07 bits per heavy atom. The normalized spacial score (nSPS) is 18.0. The molecule has 3 rings (SSSR count). The Morgan fingerprint density at radius 3 is 2.70 bits per heavy atom. The van der Waals surface area contributed by atoms with Gasteiger partial charge in [0, 0.05) is 18.1 Å². The number of nitrogens with zero attached hydrogens (tertiary/aromatic N) is 1. The monoisotopic (exact) mass is 448 g/mol. The molecule has 1 aliphatic rings. The van der Waals surface area contributed by atoms with E-state index >= 15 is 0 Å². The van der Waals surface area contributed by atoms with E-state index in [4.69, 9.17) is 28.3 Å². The fraction of sp³-hybridized carbons (Fsp3) is 0.353. The summed E-state index contributed by atoms with van der Waals surface area (Å²) in [6, 6.07) is 7.31. The average Bonchev–Trinajstić information content (AvgIpc) is 3.30. The van der Waals surface area contributed by atoms with Crippen molar-refractivity contribution in [2.45, 2.75) is 36.2 Å². The molecule has 1 amide bonds. The molecular weight excluding hydrogens is 431 g/mol. The van der Waals surface area contributed by atoms with E-state index in [0.29, 0.717) is 39.9 Å². The summed E-state index contributed by atoms with van der Waals surface area (Å²) in [4.78, 5) is 12.6. The number of carbonyl (C=O) groups excluding carboxylic acids is 1. The van der Waals surface area contributed by atoms with Gasteiger partial charge < -0.3 is 10.4 Å². The highest BCUT2D eigenvalue weighted by molar-refractivity contribution is 7.91. The second-order valence-corrected chi connectivity index (χ2v) is 10.4. The van der Waals surface area contributed by atoms with E-state index in [9.17, 15) is 13.2 Å². The fourth-order valence-corrected chi connectivity index (χ4v) is 6.51. The van der Waals surface area contributed by atoms with Gasteiger partial charge in [0.05, 0.1) is 10.9 Å². The molecule has 1 aromatic heterocycles. The first-order chi connectivity index (χ1) is 12.8. The summed E-state index contributed by atoms with van der Waals surface area (Å²) in [5.74, 6) is -0.360. The van der Waals surface area contributed by atoms with Gasteiger partial charge in [0.25, 0.3) is 10.0 Å². The molecule has 146 valence electrons. The standard InChI is InChI=1S/C17H18Cl2N2O4S2/c18-13-8-11(10-22)3-4-12(13)9-20-17(23)14-2-1-7-21(14)27(24,25)16-6-5-15(19)26-16/h3-6,8,14,22H,1-2,7,9-10H2,(H,20,23)/t14-/m0/s1. The molecule has 0 radical (unpaired) electrons. The molecule has 1 aliphatic heterocycles. The second kappa shape index (κ2) is 8.46. The number of thiophene rings is 1. The van der Waals surface area contributed by atoms with Gasteiger partial charge in [-0.2, -0.15) is 4.31 Å². The van der Waals surface area contributed by atoms with Crippen LogP contribution in [0.3, 0.4) is 0 Å². The number of nitrogens with one attached hydrogen (secondary N) is 1. The van der Waals surface area contributed by atoms with Crippen LogP contribution in [0.15, 0.2) is 34.5 Å². The molecule has 10 heteroatoms. The van der Waals surface area contributed by atoms with E-state index in [1.54, 1.807) is 18.2 Å². The number of benzene rings is 1. The van der Waals surface area contributed by atoms with Gasteiger partial charge in [-0.1, -0.05) is 35.3 Å². The van der Waals surface area contributed by atoms with E-state index in [1.165, 1.54) is 16.4 Å². The maximum absolute atomic E-state index is 12.8. The highest BCUT2D eigenvalue weighted by atomic mass is 35.5. The average molecular weight is 449 g/mol. The van der Waals surface area contributed by atoms with Crippen molar-refractivity contribution >= 4 is 50.5 Å². The highest BCUT2D eigenvalue weighted by Gasteiger charge is 2.40. The maximum Gasteiger partial charge on any atom is 0.253 e. The van der Waals surface area contributed by atoms with Crippen molar-refractivity contribution < 1.29 is 18.3 Å². The Morgan fingerprint density at radius 1 is 1.30 bits per heavy atom. The van der Waals surface area contributed by atoms with Crippen LogP contribution in [-0.2, 0) is 28.0 Å². The predicted octanol–water partition coefficient (Wildman–Crippen LogP) is 3.02. The number of halogens is 2. The Balaban J connectivity index is 1.70. The fourth-order valence-electron chi connectivity index (χ4n) is 2.97. The number of aliphatic hydroxyl groups excluding tert-OH is 1. The van der Waals surface area contributed by atoms with Gasteiger partial charge in [-0.05, 0) is 42.2 Å². The van der Waals surface area contributed by atoms with Crippen LogP contribution < -0.4 is 5.32 Å². The van der Waals surface area contributed by atoms with Crippen LogP contribution in [0.4, 0.5) is 0 Å². The van der Waals surface area contributed by atoms with E-state index < -0.39 is 16.1 Å². The summed E-state index contributed by atoms with van der Waals surface area (Å²) in [5, 5.41) is 12.3. The number of rotatable bonds is 6. The summed E-state index contributed by atoms with van der Waals surface area (Å²) >= 11 is 13.0. The molecule has 0 aliphatic carbocycles. The molecule has 1 fully saturated rings. The molecule has 0 saturated carbocycles.